The Hall–Kier alpha value is -2.63. The van der Waals surface area contributed by atoms with Crippen molar-refractivity contribution in [2.75, 3.05) is 23.4 Å². The number of nitriles is 1. The van der Waals surface area contributed by atoms with E-state index in [9.17, 15) is 15.2 Å². The molecule has 8 nitrogen and oxygen atoms in total. The molecule has 1 aliphatic carbocycles. The monoisotopic (exact) mass is 416 g/mol. The number of hydrogen-bond acceptors (Lipinski definition) is 6. The third-order valence-electron chi connectivity index (χ3n) is 5.75. The maximum absolute atomic E-state index is 13.0. The number of aliphatic hydroxyl groups is 1. The third-order valence-corrected chi connectivity index (χ3v) is 5.75. The molecule has 0 radical (unpaired) electrons. The lowest BCUT2D eigenvalue weighted by molar-refractivity contribution is -0.123. The van der Waals surface area contributed by atoms with E-state index in [0.717, 1.165) is 24.2 Å². The molecule has 9 heteroatoms. The van der Waals surface area contributed by atoms with E-state index >= 15 is 0 Å². The van der Waals surface area contributed by atoms with Crippen molar-refractivity contribution in [1.82, 2.24) is 14.8 Å². The standard InChI is InChI=1S/C20H24N6O2.ClH/c1-19(2,13-27)26-11-15(10-23-26)24-17-9-16(5-7-22-17)25-8-6-20(12-21,18(25)28)14-3-4-14;/h5,7,9-11,14,27H,3-4,6,8,13H2,1-2H3,(H,22,24);1H/t20-;/m1./s1. The fourth-order valence-corrected chi connectivity index (χ4v) is 3.73. The molecule has 29 heavy (non-hydrogen) atoms. The van der Waals surface area contributed by atoms with Gasteiger partial charge in [-0.05, 0) is 45.1 Å². The van der Waals surface area contributed by atoms with Crippen LogP contribution in [0.4, 0.5) is 17.2 Å². The van der Waals surface area contributed by atoms with E-state index in [1.54, 1.807) is 34.2 Å². The second-order valence-corrected chi connectivity index (χ2v) is 8.23. The van der Waals surface area contributed by atoms with Crippen LogP contribution >= 0.6 is 12.4 Å². The molecule has 2 aliphatic rings. The predicted molar refractivity (Wildman–Crippen MR) is 111 cm³/mol. The van der Waals surface area contributed by atoms with Crippen LogP contribution in [0.25, 0.3) is 0 Å². The number of anilines is 3. The first-order valence-electron chi connectivity index (χ1n) is 9.52. The van der Waals surface area contributed by atoms with E-state index in [1.807, 2.05) is 19.9 Å². The number of nitrogens with one attached hydrogen (secondary N) is 1. The van der Waals surface area contributed by atoms with E-state index in [0.29, 0.717) is 18.8 Å². The highest BCUT2D eigenvalue weighted by Gasteiger charge is 2.56. The molecule has 0 aromatic carbocycles. The molecule has 1 atom stereocenters. The zero-order valence-electron chi connectivity index (χ0n) is 16.5. The van der Waals surface area contributed by atoms with Crippen molar-refractivity contribution in [3.05, 3.63) is 30.7 Å². The molecule has 0 unspecified atom stereocenters. The molecule has 1 amide bonds. The summed E-state index contributed by atoms with van der Waals surface area (Å²) in [4.78, 5) is 19.0. The highest BCUT2D eigenvalue weighted by molar-refractivity contribution is 6.02. The lowest BCUT2D eigenvalue weighted by Gasteiger charge is -2.22. The number of pyridine rings is 1. The molecule has 4 rings (SSSR count). The van der Waals surface area contributed by atoms with Crippen LogP contribution in [0.3, 0.4) is 0 Å². The summed E-state index contributed by atoms with van der Waals surface area (Å²) in [6.07, 6.45) is 7.63. The number of aromatic nitrogens is 3. The van der Waals surface area contributed by atoms with Crippen molar-refractivity contribution >= 4 is 35.5 Å². The second-order valence-electron chi connectivity index (χ2n) is 8.23. The Morgan fingerprint density at radius 3 is 2.86 bits per heavy atom. The molecule has 2 N–H and O–H groups in total. The molecular weight excluding hydrogens is 392 g/mol. The van der Waals surface area contributed by atoms with Gasteiger partial charge in [0.15, 0.2) is 0 Å². The largest absolute Gasteiger partial charge is 0.394 e. The van der Waals surface area contributed by atoms with Crippen molar-refractivity contribution in [2.45, 2.75) is 38.6 Å². The Bertz CT molecular complexity index is 948. The fourth-order valence-electron chi connectivity index (χ4n) is 3.73. The van der Waals surface area contributed by atoms with Crippen LogP contribution in [0.1, 0.15) is 33.1 Å². The fraction of sp³-hybridized carbons (Fsp3) is 0.500. The van der Waals surface area contributed by atoms with Gasteiger partial charge >= 0.3 is 0 Å². The summed E-state index contributed by atoms with van der Waals surface area (Å²) in [5.74, 6) is 0.704. The first-order valence-corrected chi connectivity index (χ1v) is 9.52. The van der Waals surface area contributed by atoms with Gasteiger partial charge in [-0.3, -0.25) is 9.48 Å². The number of amides is 1. The molecular formula is C20H25ClN6O2. The number of halogens is 1. The van der Waals surface area contributed by atoms with Gasteiger partial charge in [0.2, 0.25) is 5.91 Å². The lowest BCUT2D eigenvalue weighted by Crippen LogP contribution is -2.35. The van der Waals surface area contributed by atoms with Gasteiger partial charge in [-0.15, -0.1) is 12.4 Å². The number of carbonyl (C=O) groups excluding carboxylic acids is 1. The van der Waals surface area contributed by atoms with Gasteiger partial charge in [-0.1, -0.05) is 0 Å². The predicted octanol–water partition coefficient (Wildman–Crippen LogP) is 2.83. The van der Waals surface area contributed by atoms with Crippen LogP contribution in [-0.4, -0.2) is 38.9 Å². The van der Waals surface area contributed by atoms with Crippen molar-refractivity contribution in [1.29, 1.82) is 5.26 Å². The van der Waals surface area contributed by atoms with E-state index < -0.39 is 11.0 Å². The average molecular weight is 417 g/mol. The Morgan fingerprint density at radius 2 is 2.21 bits per heavy atom. The maximum Gasteiger partial charge on any atom is 0.247 e. The van der Waals surface area contributed by atoms with Gasteiger partial charge in [0.05, 0.1) is 30.1 Å². The number of rotatable bonds is 6. The Morgan fingerprint density at radius 1 is 1.45 bits per heavy atom. The number of carbonyl (C=O) groups is 1. The van der Waals surface area contributed by atoms with Crippen molar-refractivity contribution in [3.63, 3.8) is 0 Å². The first-order chi connectivity index (χ1) is 13.4. The summed E-state index contributed by atoms with van der Waals surface area (Å²) in [6.45, 7) is 4.31. The van der Waals surface area contributed by atoms with Crippen LogP contribution in [0.5, 0.6) is 0 Å². The van der Waals surface area contributed by atoms with Crippen LogP contribution in [0.15, 0.2) is 30.7 Å². The van der Waals surface area contributed by atoms with Crippen LogP contribution < -0.4 is 10.2 Å². The summed E-state index contributed by atoms with van der Waals surface area (Å²) in [5, 5.41) is 26.6. The Kier molecular flexibility index (Phi) is 5.57. The summed E-state index contributed by atoms with van der Waals surface area (Å²) in [6, 6.07) is 5.92. The topological polar surface area (TPSA) is 107 Å². The van der Waals surface area contributed by atoms with Gasteiger partial charge in [-0.2, -0.15) is 10.4 Å². The van der Waals surface area contributed by atoms with Crippen LogP contribution in [0, 0.1) is 22.7 Å². The molecule has 3 heterocycles. The van der Waals surface area contributed by atoms with Gasteiger partial charge in [0.25, 0.3) is 0 Å². The highest BCUT2D eigenvalue weighted by atomic mass is 35.5. The summed E-state index contributed by atoms with van der Waals surface area (Å²) < 4.78 is 1.69. The minimum atomic E-state index is -0.853. The molecule has 0 bridgehead atoms. The Balaban J connectivity index is 0.00000240. The van der Waals surface area contributed by atoms with E-state index in [1.165, 1.54) is 0 Å². The number of hydrogen-bond donors (Lipinski definition) is 2. The third kappa shape index (κ3) is 3.68. The van der Waals surface area contributed by atoms with E-state index in [2.05, 4.69) is 21.5 Å². The van der Waals surface area contributed by atoms with E-state index in [4.69, 9.17) is 0 Å². The van der Waals surface area contributed by atoms with Crippen molar-refractivity contribution in [3.8, 4) is 6.07 Å². The quantitative estimate of drug-likeness (QED) is 0.749. The van der Waals surface area contributed by atoms with Crippen molar-refractivity contribution < 1.29 is 9.90 Å². The van der Waals surface area contributed by atoms with Gasteiger partial charge in [-0.25, -0.2) is 4.98 Å². The van der Waals surface area contributed by atoms with Gasteiger partial charge < -0.3 is 15.3 Å². The molecule has 154 valence electrons. The van der Waals surface area contributed by atoms with Gasteiger partial charge in [0, 0.05) is 30.7 Å². The minimum absolute atomic E-state index is 0. The zero-order chi connectivity index (χ0) is 19.9. The molecule has 1 saturated heterocycles. The molecule has 1 saturated carbocycles. The summed E-state index contributed by atoms with van der Waals surface area (Å²) >= 11 is 0. The van der Waals surface area contributed by atoms with Crippen LogP contribution in [0.2, 0.25) is 0 Å². The molecule has 2 aromatic rings. The number of nitrogens with zero attached hydrogens (tertiary/aromatic N) is 5. The van der Waals surface area contributed by atoms with Gasteiger partial charge in [0.1, 0.15) is 11.2 Å². The zero-order valence-corrected chi connectivity index (χ0v) is 17.3. The smallest absolute Gasteiger partial charge is 0.247 e. The second kappa shape index (κ2) is 7.65. The average Bonchev–Trinajstić information content (AvgIpc) is 3.34. The lowest BCUT2D eigenvalue weighted by atomic mass is 9.83. The summed E-state index contributed by atoms with van der Waals surface area (Å²) in [7, 11) is 0. The number of aliphatic hydroxyl groups excluding tert-OH is 1. The Labute approximate surface area is 175 Å². The van der Waals surface area contributed by atoms with Crippen LogP contribution in [-0.2, 0) is 10.3 Å². The molecule has 0 spiro atoms. The maximum atomic E-state index is 13.0. The minimum Gasteiger partial charge on any atom is -0.394 e. The SMILES string of the molecule is CC(C)(CO)n1cc(Nc2cc(N3CC[C@@](C#N)(C4CC4)C3=O)ccn2)cn1.Cl. The molecule has 2 aromatic heterocycles. The van der Waals surface area contributed by atoms with E-state index in [-0.39, 0.29) is 30.8 Å². The molecule has 1 aliphatic heterocycles. The first kappa shape index (κ1) is 21.1. The summed E-state index contributed by atoms with van der Waals surface area (Å²) in [5.41, 5.74) is 0.126. The van der Waals surface area contributed by atoms with Crippen molar-refractivity contribution in [2.24, 2.45) is 11.3 Å². The molecule has 2 fully saturated rings. The normalized spacial score (nSPS) is 21.6. The highest BCUT2D eigenvalue weighted by Crippen LogP contribution is 2.51.